The minimum absolute atomic E-state index is 0.0466. The number of carbonyl (C=O) groups is 2. The second kappa shape index (κ2) is 8.18. The van der Waals surface area contributed by atoms with Crippen molar-refractivity contribution in [2.24, 2.45) is 10.9 Å². The number of carbonyl (C=O) groups excluding carboxylic acids is 2. The van der Waals surface area contributed by atoms with E-state index in [1.165, 1.54) is 0 Å². The first kappa shape index (κ1) is 19.3. The summed E-state index contributed by atoms with van der Waals surface area (Å²) in [5.41, 5.74) is 2.88. The van der Waals surface area contributed by atoms with Crippen LogP contribution in [0.3, 0.4) is 0 Å². The SMILES string of the molecule is CC1=NC2=C(C(=O)CCC2)[C@H](c2ccccc2Cl)C1C(=O)OC[C@@H]1CCCO1. The number of benzene rings is 1. The molecule has 5 nitrogen and oxygen atoms in total. The number of Topliss-reactive ketones (excluding diaryl/α,β-unsaturated/α-hetero) is 1. The zero-order valence-electron chi connectivity index (χ0n) is 15.9. The van der Waals surface area contributed by atoms with Crippen LogP contribution >= 0.6 is 11.6 Å². The molecule has 0 aromatic heterocycles. The molecule has 3 aliphatic rings. The lowest BCUT2D eigenvalue weighted by atomic mass is 9.72. The summed E-state index contributed by atoms with van der Waals surface area (Å²) in [7, 11) is 0. The van der Waals surface area contributed by atoms with Gasteiger partial charge < -0.3 is 9.47 Å². The minimum atomic E-state index is -0.651. The lowest BCUT2D eigenvalue weighted by Gasteiger charge is -2.35. The van der Waals surface area contributed by atoms with Gasteiger partial charge in [0.1, 0.15) is 12.5 Å². The summed E-state index contributed by atoms with van der Waals surface area (Å²) in [6, 6.07) is 7.40. The lowest BCUT2D eigenvalue weighted by Crippen LogP contribution is -2.38. The van der Waals surface area contributed by atoms with Crippen LogP contribution in [0.2, 0.25) is 5.02 Å². The lowest BCUT2D eigenvalue weighted by molar-refractivity contribution is -0.149. The van der Waals surface area contributed by atoms with E-state index in [1.807, 2.05) is 25.1 Å². The Morgan fingerprint density at radius 3 is 2.86 bits per heavy atom. The maximum atomic E-state index is 13.1. The van der Waals surface area contributed by atoms with Gasteiger partial charge in [0, 0.05) is 41.0 Å². The number of aliphatic imine (C=N–C) groups is 1. The van der Waals surface area contributed by atoms with E-state index in [2.05, 4.69) is 4.99 Å². The van der Waals surface area contributed by atoms with Crippen LogP contribution in [0.1, 0.15) is 50.5 Å². The van der Waals surface area contributed by atoms with E-state index in [1.54, 1.807) is 6.07 Å². The molecule has 3 atom stereocenters. The van der Waals surface area contributed by atoms with Gasteiger partial charge in [0.2, 0.25) is 0 Å². The molecule has 2 heterocycles. The molecule has 1 aliphatic carbocycles. The van der Waals surface area contributed by atoms with Crippen LogP contribution < -0.4 is 0 Å². The first-order valence-electron chi connectivity index (χ1n) is 9.90. The molecule has 0 amide bonds. The van der Waals surface area contributed by atoms with Crippen molar-refractivity contribution in [3.63, 3.8) is 0 Å². The molecule has 0 saturated carbocycles. The third-order valence-electron chi connectivity index (χ3n) is 5.76. The Bertz CT molecular complexity index is 854. The van der Waals surface area contributed by atoms with E-state index < -0.39 is 11.8 Å². The highest BCUT2D eigenvalue weighted by Gasteiger charge is 2.44. The number of hydrogen-bond acceptors (Lipinski definition) is 5. The van der Waals surface area contributed by atoms with E-state index >= 15 is 0 Å². The fourth-order valence-corrected chi connectivity index (χ4v) is 4.67. The first-order chi connectivity index (χ1) is 13.6. The first-order valence-corrected chi connectivity index (χ1v) is 10.3. The quantitative estimate of drug-likeness (QED) is 0.707. The van der Waals surface area contributed by atoms with Crippen LogP contribution in [-0.2, 0) is 19.1 Å². The van der Waals surface area contributed by atoms with Crippen LogP contribution in [0.4, 0.5) is 0 Å². The summed E-state index contributed by atoms with van der Waals surface area (Å²) in [6.45, 7) is 2.78. The predicted octanol–water partition coefficient (Wildman–Crippen LogP) is 4.24. The molecule has 4 rings (SSSR count). The molecule has 2 aliphatic heterocycles. The second-order valence-electron chi connectivity index (χ2n) is 7.63. The number of hydrogen-bond donors (Lipinski definition) is 0. The number of nitrogens with zero attached hydrogens (tertiary/aromatic N) is 1. The largest absolute Gasteiger partial charge is 0.462 e. The molecule has 1 unspecified atom stereocenters. The normalized spacial score (nSPS) is 27.4. The van der Waals surface area contributed by atoms with Crippen molar-refractivity contribution in [2.75, 3.05) is 13.2 Å². The molecule has 1 aromatic carbocycles. The zero-order valence-corrected chi connectivity index (χ0v) is 16.7. The summed E-state index contributed by atoms with van der Waals surface area (Å²) < 4.78 is 11.2. The van der Waals surface area contributed by atoms with Gasteiger partial charge in [-0.2, -0.15) is 0 Å². The van der Waals surface area contributed by atoms with E-state index in [0.717, 1.165) is 36.9 Å². The van der Waals surface area contributed by atoms with Crippen molar-refractivity contribution in [3.05, 3.63) is 46.1 Å². The topological polar surface area (TPSA) is 65.0 Å². The van der Waals surface area contributed by atoms with E-state index in [9.17, 15) is 9.59 Å². The van der Waals surface area contributed by atoms with Gasteiger partial charge in [-0.1, -0.05) is 29.8 Å². The van der Waals surface area contributed by atoms with Crippen molar-refractivity contribution in [2.45, 2.75) is 51.0 Å². The van der Waals surface area contributed by atoms with Gasteiger partial charge >= 0.3 is 5.97 Å². The van der Waals surface area contributed by atoms with Gasteiger partial charge in [-0.05, 0) is 44.2 Å². The molecule has 0 bridgehead atoms. The van der Waals surface area contributed by atoms with Crippen molar-refractivity contribution >= 4 is 29.1 Å². The average Bonchev–Trinajstić information content (AvgIpc) is 3.19. The maximum absolute atomic E-state index is 13.1. The molecule has 1 fully saturated rings. The van der Waals surface area contributed by atoms with E-state index in [4.69, 9.17) is 21.1 Å². The Kier molecular flexibility index (Phi) is 5.65. The van der Waals surface area contributed by atoms with Crippen molar-refractivity contribution < 1.29 is 19.1 Å². The standard InChI is InChI=1S/C22H24ClNO4/c1-13-19(22(26)28-12-14-6-5-11-27-14)20(15-7-2-3-8-16(15)23)21-17(24-13)9-4-10-18(21)25/h2-3,7-8,14,19-20H,4-6,9-12H2,1H3/t14-,19?,20+/m0/s1. The zero-order chi connectivity index (χ0) is 19.7. The fraction of sp³-hybridized carbons (Fsp3) is 0.500. The highest BCUT2D eigenvalue weighted by Crippen LogP contribution is 2.45. The van der Waals surface area contributed by atoms with Crippen LogP contribution in [0, 0.1) is 5.92 Å². The minimum Gasteiger partial charge on any atom is -0.462 e. The molecule has 28 heavy (non-hydrogen) atoms. The Labute approximate surface area is 169 Å². The molecular formula is C22H24ClNO4. The van der Waals surface area contributed by atoms with Gasteiger partial charge in [-0.3, -0.25) is 14.6 Å². The molecule has 148 valence electrons. The summed E-state index contributed by atoms with van der Waals surface area (Å²) in [6.07, 6.45) is 3.85. The van der Waals surface area contributed by atoms with Crippen molar-refractivity contribution in [1.29, 1.82) is 0 Å². The van der Waals surface area contributed by atoms with E-state index in [-0.39, 0.29) is 24.5 Å². The van der Waals surface area contributed by atoms with Gasteiger partial charge in [0.05, 0.1) is 6.10 Å². The molecule has 1 saturated heterocycles. The monoisotopic (exact) mass is 401 g/mol. The van der Waals surface area contributed by atoms with Crippen LogP contribution in [-0.4, -0.2) is 36.8 Å². The van der Waals surface area contributed by atoms with Gasteiger partial charge in [-0.25, -0.2) is 0 Å². The number of halogens is 1. The highest BCUT2D eigenvalue weighted by atomic mass is 35.5. The van der Waals surface area contributed by atoms with Crippen molar-refractivity contribution in [1.82, 2.24) is 0 Å². The maximum Gasteiger partial charge on any atom is 0.315 e. The third-order valence-corrected chi connectivity index (χ3v) is 6.11. The Balaban J connectivity index is 1.70. The van der Waals surface area contributed by atoms with Crippen LogP contribution in [0.25, 0.3) is 0 Å². The number of esters is 1. The molecule has 6 heteroatoms. The van der Waals surface area contributed by atoms with Gasteiger partial charge in [-0.15, -0.1) is 0 Å². The number of allylic oxidation sites excluding steroid dienone is 2. The molecule has 0 spiro atoms. The summed E-state index contributed by atoms with van der Waals surface area (Å²) in [4.78, 5) is 30.6. The van der Waals surface area contributed by atoms with Gasteiger partial charge in [0.15, 0.2) is 5.78 Å². The van der Waals surface area contributed by atoms with Crippen molar-refractivity contribution in [3.8, 4) is 0 Å². The average molecular weight is 402 g/mol. The smallest absolute Gasteiger partial charge is 0.315 e. The Morgan fingerprint density at radius 2 is 2.11 bits per heavy atom. The second-order valence-corrected chi connectivity index (χ2v) is 8.04. The Morgan fingerprint density at radius 1 is 1.29 bits per heavy atom. The molecule has 1 aromatic rings. The fourth-order valence-electron chi connectivity index (χ4n) is 4.42. The number of ketones is 1. The highest BCUT2D eigenvalue weighted by molar-refractivity contribution is 6.31. The summed E-state index contributed by atoms with van der Waals surface area (Å²) in [5, 5.41) is 0.546. The number of ether oxygens (including phenoxy) is 2. The summed E-state index contributed by atoms with van der Waals surface area (Å²) >= 11 is 6.49. The Hall–Kier alpha value is -1.98. The third kappa shape index (κ3) is 3.65. The van der Waals surface area contributed by atoms with Crippen LogP contribution in [0.15, 0.2) is 40.5 Å². The number of rotatable bonds is 4. The molecule has 0 N–H and O–H groups in total. The molecular weight excluding hydrogens is 378 g/mol. The van der Waals surface area contributed by atoms with Gasteiger partial charge in [0.25, 0.3) is 0 Å². The summed E-state index contributed by atoms with van der Waals surface area (Å²) in [5.74, 6) is -1.42. The predicted molar refractivity (Wildman–Crippen MR) is 107 cm³/mol. The van der Waals surface area contributed by atoms with E-state index in [0.29, 0.717) is 29.3 Å². The van der Waals surface area contributed by atoms with Crippen LogP contribution in [0.5, 0.6) is 0 Å². The molecule has 0 radical (unpaired) electrons.